The summed E-state index contributed by atoms with van der Waals surface area (Å²) in [6.45, 7) is 5.72. The molecule has 0 fully saturated rings. The Morgan fingerprint density at radius 3 is 1.24 bits per heavy atom. The topological polar surface area (TPSA) is 18.5 Å². The first-order valence-corrected chi connectivity index (χ1v) is 28.9. The Balaban J connectivity index is 0.000000210. The molecule has 0 N–H and O–H groups in total. The maximum Gasteiger partial charge on any atom is 1.00 e. The number of hydrogen-bond donors (Lipinski definition) is 0. The number of halogens is 8. The van der Waals surface area contributed by atoms with Crippen LogP contribution in [0.4, 0.5) is 0 Å². The van der Waals surface area contributed by atoms with E-state index >= 15 is 0 Å². The predicted octanol–water partition coefficient (Wildman–Crippen LogP) is 11.4. The van der Waals surface area contributed by atoms with Crippen LogP contribution in [0.2, 0.25) is 0 Å². The minimum absolute atomic E-state index is 0. The van der Waals surface area contributed by atoms with Crippen LogP contribution in [0.3, 0.4) is 0 Å². The molecule has 59 heavy (non-hydrogen) atoms. The Kier molecular flexibility index (Phi) is 21.4. The molecule has 0 saturated heterocycles. The van der Waals surface area contributed by atoms with Gasteiger partial charge in [0.25, 0.3) is 7.42 Å². The molecule has 0 aliphatic carbocycles. The van der Waals surface area contributed by atoms with E-state index in [1.54, 1.807) is 0 Å². The monoisotopic (exact) mass is 1230 g/mol. The summed E-state index contributed by atoms with van der Waals surface area (Å²) in [5.74, 6) is 3.43. The molecule has 8 rings (SSSR count). The molecule has 1 aliphatic heterocycles. The fourth-order valence-electron chi connectivity index (χ4n) is 6.03. The molecule has 298 valence electrons. The van der Waals surface area contributed by atoms with Crippen molar-refractivity contribution in [2.75, 3.05) is 0 Å². The minimum Gasteiger partial charge on any atom is -0.458 e. The van der Waals surface area contributed by atoms with E-state index < -0.39 is 15.5 Å². The van der Waals surface area contributed by atoms with Gasteiger partial charge in [-0.2, -0.15) is 6.42 Å². The summed E-state index contributed by atoms with van der Waals surface area (Å²) in [7, 11) is -4.11. The van der Waals surface area contributed by atoms with Crippen molar-refractivity contribution in [3.63, 3.8) is 0 Å². The van der Waals surface area contributed by atoms with Crippen LogP contribution in [0.5, 0.6) is 23.0 Å². The third kappa shape index (κ3) is 13.6. The summed E-state index contributed by atoms with van der Waals surface area (Å²) in [6.07, 6.45) is 2.28. The molecule has 2 nitrogen and oxygen atoms in total. The standard InChI is InChI=1S/C24H16Br2OSi.C12H6Br4O.C6H6Cl2Si.C4H9.Li/c25-17-11-13-21-23(15-17)28(19-7-3-1-4-8-19,20-9-5-2-6-10-20)24-16-18(26)12-14-22(24)27-21;13-7-1-3-11(9(15)5-7)17-12-4-2-8(14)6-10(12)16;7-9(8)6-4-2-1-3-5-6;1-3-4-2;/h1-16H;1-6H;1-5,9H;1,3-4H2,2H3;/q;;;-1;+1. The first kappa shape index (κ1) is 50.3. The second kappa shape index (κ2) is 25.1. The van der Waals surface area contributed by atoms with Gasteiger partial charge in [0, 0.05) is 17.9 Å². The van der Waals surface area contributed by atoms with Crippen molar-refractivity contribution in [1.29, 1.82) is 0 Å². The molecule has 0 saturated carbocycles. The van der Waals surface area contributed by atoms with Crippen molar-refractivity contribution in [3.05, 3.63) is 198 Å². The van der Waals surface area contributed by atoms with Crippen molar-refractivity contribution in [2.45, 2.75) is 19.8 Å². The second-order valence-corrected chi connectivity index (χ2v) is 26.3. The zero-order chi connectivity index (χ0) is 41.7. The van der Waals surface area contributed by atoms with Crippen molar-refractivity contribution < 1.29 is 28.3 Å². The van der Waals surface area contributed by atoms with Gasteiger partial charge in [0.05, 0.1) is 8.95 Å². The van der Waals surface area contributed by atoms with Gasteiger partial charge in [-0.25, -0.2) is 0 Å². The Morgan fingerprint density at radius 2 is 0.898 bits per heavy atom. The zero-order valence-electron chi connectivity index (χ0n) is 32.1. The largest absolute Gasteiger partial charge is 1.00 e. The van der Waals surface area contributed by atoms with Crippen LogP contribution in [-0.2, 0) is 0 Å². The van der Waals surface area contributed by atoms with Crippen molar-refractivity contribution in [1.82, 2.24) is 0 Å². The molecule has 7 aromatic rings. The summed E-state index contributed by atoms with van der Waals surface area (Å²) in [6, 6.07) is 55.9. The van der Waals surface area contributed by atoms with E-state index in [1.165, 1.54) is 27.2 Å². The molecule has 0 spiro atoms. The van der Waals surface area contributed by atoms with E-state index in [4.69, 9.17) is 31.6 Å². The smallest absolute Gasteiger partial charge is 0.458 e. The fourth-order valence-corrected chi connectivity index (χ4v) is 15.8. The predicted molar refractivity (Wildman–Crippen MR) is 274 cm³/mol. The molecule has 0 aromatic heterocycles. The van der Waals surface area contributed by atoms with Crippen LogP contribution in [0.1, 0.15) is 19.8 Å². The normalized spacial score (nSPS) is 11.6. The molecule has 7 aromatic carbocycles. The Morgan fingerprint density at radius 1 is 0.542 bits per heavy atom. The average molecular weight is 1240 g/mol. The number of unbranched alkanes of at least 4 members (excludes halogenated alkanes) is 1. The van der Waals surface area contributed by atoms with Crippen LogP contribution in [0.15, 0.2) is 191 Å². The summed E-state index contributed by atoms with van der Waals surface area (Å²) in [4.78, 5) is 0. The summed E-state index contributed by atoms with van der Waals surface area (Å²) >= 11 is 32.6. The Hall–Kier alpha value is -1.37. The van der Waals surface area contributed by atoms with E-state index in [9.17, 15) is 0 Å². The van der Waals surface area contributed by atoms with Crippen LogP contribution < -0.4 is 54.3 Å². The first-order valence-electron chi connectivity index (χ1n) is 18.1. The van der Waals surface area contributed by atoms with Gasteiger partial charge in [-0.05, 0) is 131 Å². The molecule has 0 atom stereocenters. The first-order chi connectivity index (χ1) is 28.0. The van der Waals surface area contributed by atoms with Gasteiger partial charge in [-0.1, -0.05) is 168 Å². The van der Waals surface area contributed by atoms with Gasteiger partial charge in [0.1, 0.15) is 23.0 Å². The Labute approximate surface area is 422 Å². The maximum atomic E-state index is 6.38. The molecule has 0 unspecified atom stereocenters. The van der Waals surface area contributed by atoms with Gasteiger partial charge in [0.2, 0.25) is 0 Å². The quantitative estimate of drug-likeness (QED) is 0.0938. The molecule has 1 heterocycles. The van der Waals surface area contributed by atoms with Gasteiger partial charge in [0.15, 0.2) is 8.07 Å². The molecule has 13 heteroatoms. The van der Waals surface area contributed by atoms with Crippen LogP contribution in [0, 0.1) is 6.92 Å². The van der Waals surface area contributed by atoms with Gasteiger partial charge < -0.3 is 16.4 Å². The number of fused-ring (bicyclic) bond motifs is 2. The van der Waals surface area contributed by atoms with Crippen LogP contribution in [-0.4, -0.2) is 15.5 Å². The van der Waals surface area contributed by atoms with E-state index in [1.807, 2.05) is 66.7 Å². The van der Waals surface area contributed by atoms with Gasteiger partial charge in [-0.15, -0.1) is 22.2 Å². The average Bonchev–Trinajstić information content (AvgIpc) is 3.23. The second-order valence-electron chi connectivity index (χ2n) is 12.7. The maximum absolute atomic E-state index is 6.38. The van der Waals surface area contributed by atoms with Crippen molar-refractivity contribution in [2.24, 2.45) is 0 Å². The van der Waals surface area contributed by atoms with E-state index in [2.05, 4.69) is 206 Å². The van der Waals surface area contributed by atoms with Gasteiger partial charge in [-0.3, -0.25) is 0 Å². The number of ether oxygens (including phenoxy) is 2. The number of rotatable bonds is 6. The number of hydrogen-bond acceptors (Lipinski definition) is 2. The van der Waals surface area contributed by atoms with E-state index in [-0.39, 0.29) is 18.9 Å². The minimum atomic E-state index is -2.52. The summed E-state index contributed by atoms with van der Waals surface area (Å²) in [5.41, 5.74) is 0. The fraction of sp³-hybridized carbons (Fsp3) is 0.0652. The van der Waals surface area contributed by atoms with Crippen molar-refractivity contribution in [3.8, 4) is 23.0 Å². The molecular formula is C46H37Br6Cl2LiO2Si2. The summed E-state index contributed by atoms with van der Waals surface area (Å²) in [5, 5.41) is 6.32. The molecule has 0 amide bonds. The van der Waals surface area contributed by atoms with Crippen LogP contribution >= 0.6 is 118 Å². The third-order valence-electron chi connectivity index (χ3n) is 8.74. The molecular weight excluding hydrogens is 1200 g/mol. The third-order valence-corrected chi connectivity index (χ3v) is 19.1. The number of benzene rings is 7. The summed E-state index contributed by atoms with van der Waals surface area (Å²) < 4.78 is 18.1. The van der Waals surface area contributed by atoms with Crippen LogP contribution in [0.25, 0.3) is 0 Å². The van der Waals surface area contributed by atoms with Crippen molar-refractivity contribution >= 4 is 159 Å². The Bertz CT molecular complexity index is 2250. The van der Waals surface area contributed by atoms with E-state index in [0.717, 1.165) is 61.4 Å². The van der Waals surface area contributed by atoms with Gasteiger partial charge >= 0.3 is 18.9 Å². The SMILES string of the molecule is Brc1ccc(Oc2ccc(Br)cc2Br)c(Br)c1.Brc1ccc2c(c1)[Si](c1ccccc1)(c1ccccc1)c1cc(Br)ccc1O2.Cl[SiH](Cl)c1ccccc1.[CH2-]CCC.[Li+]. The van der Waals surface area contributed by atoms with E-state index in [0.29, 0.717) is 0 Å². The molecule has 0 bridgehead atoms. The molecule has 1 aliphatic rings. The zero-order valence-corrected chi connectivity index (χ0v) is 45.3. The molecule has 0 radical (unpaired) electrons.